The van der Waals surface area contributed by atoms with Gasteiger partial charge in [0.15, 0.2) is 0 Å². The van der Waals surface area contributed by atoms with Gasteiger partial charge in [-0.3, -0.25) is 9.48 Å². The number of carbonyl (C=O) groups excluding carboxylic acids is 1. The van der Waals surface area contributed by atoms with Crippen molar-refractivity contribution in [3.05, 3.63) is 17.5 Å². The second-order valence-corrected chi connectivity index (χ2v) is 6.59. The van der Waals surface area contributed by atoms with E-state index in [1.807, 2.05) is 31.8 Å². The summed E-state index contributed by atoms with van der Waals surface area (Å²) in [4.78, 5) is 12.1. The first-order valence-electron chi connectivity index (χ1n) is 7.15. The molecule has 0 aliphatic heterocycles. The van der Waals surface area contributed by atoms with Gasteiger partial charge in [0.05, 0.1) is 12.2 Å². The standard InChI is InChI=1S/C15H25N3O/c1-6-10(2)14(19)17-12-7-15(3,4)8-13-11(12)9-16-18(13)5/h9-10,12H,6-8H2,1-5H3,(H,17,19)/t10-,12+/m0/s1. The average Bonchev–Trinajstić information content (AvgIpc) is 2.68. The summed E-state index contributed by atoms with van der Waals surface area (Å²) in [5.41, 5.74) is 2.65. The van der Waals surface area contributed by atoms with E-state index >= 15 is 0 Å². The molecule has 0 spiro atoms. The molecule has 1 amide bonds. The first kappa shape index (κ1) is 14.1. The van der Waals surface area contributed by atoms with Crippen LogP contribution in [-0.4, -0.2) is 15.7 Å². The van der Waals surface area contributed by atoms with Crippen LogP contribution in [0.3, 0.4) is 0 Å². The Bertz CT molecular complexity index is 476. The van der Waals surface area contributed by atoms with Crippen molar-refractivity contribution in [1.29, 1.82) is 0 Å². The van der Waals surface area contributed by atoms with Crippen LogP contribution in [0.2, 0.25) is 0 Å². The van der Waals surface area contributed by atoms with E-state index in [0.717, 1.165) is 19.3 Å². The van der Waals surface area contributed by atoms with Gasteiger partial charge in [0, 0.05) is 24.2 Å². The van der Waals surface area contributed by atoms with E-state index in [1.165, 1.54) is 11.3 Å². The molecule has 2 atom stereocenters. The number of amides is 1. The summed E-state index contributed by atoms with van der Waals surface area (Å²) >= 11 is 0. The van der Waals surface area contributed by atoms with E-state index in [2.05, 4.69) is 24.3 Å². The third kappa shape index (κ3) is 2.82. The van der Waals surface area contributed by atoms with E-state index < -0.39 is 0 Å². The Morgan fingerprint density at radius 3 is 2.95 bits per heavy atom. The van der Waals surface area contributed by atoms with Gasteiger partial charge in [-0.1, -0.05) is 27.7 Å². The Morgan fingerprint density at radius 1 is 1.63 bits per heavy atom. The van der Waals surface area contributed by atoms with Crippen molar-refractivity contribution < 1.29 is 4.79 Å². The van der Waals surface area contributed by atoms with Crippen LogP contribution in [0.4, 0.5) is 0 Å². The van der Waals surface area contributed by atoms with Crippen LogP contribution in [0.5, 0.6) is 0 Å². The summed E-state index contributed by atoms with van der Waals surface area (Å²) in [6, 6.07) is 0.106. The molecule has 106 valence electrons. The molecular weight excluding hydrogens is 238 g/mol. The van der Waals surface area contributed by atoms with Gasteiger partial charge in [-0.2, -0.15) is 5.10 Å². The molecular formula is C15H25N3O. The van der Waals surface area contributed by atoms with Crippen molar-refractivity contribution in [2.24, 2.45) is 18.4 Å². The van der Waals surface area contributed by atoms with Gasteiger partial charge in [0.25, 0.3) is 0 Å². The van der Waals surface area contributed by atoms with Gasteiger partial charge < -0.3 is 5.32 Å². The lowest BCUT2D eigenvalue weighted by molar-refractivity contribution is -0.125. The molecule has 1 heterocycles. The lowest BCUT2D eigenvalue weighted by Crippen LogP contribution is -2.38. The smallest absolute Gasteiger partial charge is 0.223 e. The van der Waals surface area contributed by atoms with Gasteiger partial charge in [0.1, 0.15) is 0 Å². The molecule has 4 nitrogen and oxygen atoms in total. The highest BCUT2D eigenvalue weighted by Gasteiger charge is 2.35. The molecule has 0 saturated carbocycles. The minimum Gasteiger partial charge on any atom is -0.349 e. The highest BCUT2D eigenvalue weighted by atomic mass is 16.1. The van der Waals surface area contributed by atoms with Gasteiger partial charge >= 0.3 is 0 Å². The molecule has 0 fully saturated rings. The molecule has 1 aliphatic rings. The van der Waals surface area contributed by atoms with Crippen molar-refractivity contribution in [3.63, 3.8) is 0 Å². The molecule has 1 aliphatic carbocycles. The Morgan fingerprint density at radius 2 is 2.32 bits per heavy atom. The highest BCUT2D eigenvalue weighted by molar-refractivity contribution is 5.78. The second kappa shape index (κ2) is 4.99. The minimum atomic E-state index is 0.0742. The molecule has 0 bridgehead atoms. The van der Waals surface area contributed by atoms with Crippen molar-refractivity contribution >= 4 is 5.91 Å². The van der Waals surface area contributed by atoms with E-state index in [4.69, 9.17) is 0 Å². The summed E-state index contributed by atoms with van der Waals surface area (Å²) < 4.78 is 1.94. The fourth-order valence-corrected chi connectivity index (χ4v) is 2.80. The molecule has 0 radical (unpaired) electrons. The average molecular weight is 263 g/mol. The Balaban J connectivity index is 2.23. The molecule has 1 aromatic heterocycles. The van der Waals surface area contributed by atoms with Crippen LogP contribution in [-0.2, 0) is 18.3 Å². The van der Waals surface area contributed by atoms with Crippen molar-refractivity contribution in [2.75, 3.05) is 0 Å². The minimum absolute atomic E-state index is 0.0742. The van der Waals surface area contributed by atoms with E-state index in [1.54, 1.807) is 0 Å². The third-order valence-corrected chi connectivity index (χ3v) is 4.25. The lowest BCUT2D eigenvalue weighted by atomic mass is 9.74. The van der Waals surface area contributed by atoms with E-state index in [9.17, 15) is 4.79 Å². The number of fused-ring (bicyclic) bond motifs is 1. The van der Waals surface area contributed by atoms with Crippen LogP contribution in [0.1, 0.15) is 57.8 Å². The molecule has 0 unspecified atom stereocenters. The second-order valence-electron chi connectivity index (χ2n) is 6.59. The van der Waals surface area contributed by atoms with Crippen LogP contribution >= 0.6 is 0 Å². The fraction of sp³-hybridized carbons (Fsp3) is 0.733. The van der Waals surface area contributed by atoms with Crippen LogP contribution in [0.25, 0.3) is 0 Å². The van der Waals surface area contributed by atoms with Gasteiger partial charge in [-0.25, -0.2) is 0 Å². The maximum atomic E-state index is 12.1. The number of hydrogen-bond acceptors (Lipinski definition) is 2. The zero-order chi connectivity index (χ0) is 14.2. The molecule has 0 aromatic carbocycles. The van der Waals surface area contributed by atoms with Crippen molar-refractivity contribution in [2.45, 2.75) is 53.0 Å². The highest BCUT2D eigenvalue weighted by Crippen LogP contribution is 2.40. The number of aromatic nitrogens is 2. The largest absolute Gasteiger partial charge is 0.349 e. The molecule has 2 rings (SSSR count). The van der Waals surface area contributed by atoms with E-state index in [0.29, 0.717) is 0 Å². The summed E-state index contributed by atoms with van der Waals surface area (Å²) in [6.45, 7) is 8.54. The summed E-state index contributed by atoms with van der Waals surface area (Å²) in [5, 5.41) is 7.55. The molecule has 0 saturated heterocycles. The zero-order valence-corrected chi connectivity index (χ0v) is 12.7. The Labute approximate surface area is 115 Å². The third-order valence-electron chi connectivity index (χ3n) is 4.25. The number of nitrogens with one attached hydrogen (secondary N) is 1. The predicted octanol–water partition coefficient (Wildman–Crippen LogP) is 2.60. The quantitative estimate of drug-likeness (QED) is 0.911. The van der Waals surface area contributed by atoms with Gasteiger partial charge in [-0.05, 0) is 24.7 Å². The summed E-state index contributed by atoms with van der Waals surface area (Å²) in [5.74, 6) is 0.227. The molecule has 19 heavy (non-hydrogen) atoms. The van der Waals surface area contributed by atoms with Crippen LogP contribution in [0, 0.1) is 11.3 Å². The number of aryl methyl sites for hydroxylation is 1. The first-order valence-corrected chi connectivity index (χ1v) is 7.15. The monoisotopic (exact) mass is 263 g/mol. The van der Waals surface area contributed by atoms with Crippen molar-refractivity contribution in [3.8, 4) is 0 Å². The Hall–Kier alpha value is -1.32. The van der Waals surface area contributed by atoms with E-state index in [-0.39, 0.29) is 23.3 Å². The maximum Gasteiger partial charge on any atom is 0.223 e. The van der Waals surface area contributed by atoms with Gasteiger partial charge in [-0.15, -0.1) is 0 Å². The zero-order valence-electron chi connectivity index (χ0n) is 12.7. The van der Waals surface area contributed by atoms with Crippen molar-refractivity contribution in [1.82, 2.24) is 15.1 Å². The molecule has 4 heteroatoms. The summed E-state index contributed by atoms with van der Waals surface area (Å²) in [6.07, 6.45) is 4.79. The van der Waals surface area contributed by atoms with Crippen LogP contribution in [0.15, 0.2) is 6.20 Å². The lowest BCUT2D eigenvalue weighted by Gasteiger charge is -2.36. The Kier molecular flexibility index (Phi) is 3.70. The number of nitrogens with zero attached hydrogens (tertiary/aromatic N) is 2. The normalized spacial score (nSPS) is 22.7. The maximum absolute atomic E-state index is 12.1. The fourth-order valence-electron chi connectivity index (χ4n) is 2.80. The number of rotatable bonds is 3. The summed E-state index contributed by atoms with van der Waals surface area (Å²) in [7, 11) is 1.98. The van der Waals surface area contributed by atoms with Gasteiger partial charge in [0.2, 0.25) is 5.91 Å². The number of carbonyl (C=O) groups is 1. The topological polar surface area (TPSA) is 46.9 Å². The first-order chi connectivity index (χ1) is 8.84. The SMILES string of the molecule is CC[C@H](C)C(=O)N[C@@H]1CC(C)(C)Cc2c1cnn2C. The molecule has 1 N–H and O–H groups in total. The number of hydrogen-bond donors (Lipinski definition) is 1. The molecule has 1 aromatic rings. The van der Waals surface area contributed by atoms with Crippen LogP contribution < -0.4 is 5.32 Å². The predicted molar refractivity (Wildman–Crippen MR) is 75.6 cm³/mol.